The van der Waals surface area contributed by atoms with Crippen LogP contribution in [0.25, 0.3) is 0 Å². The van der Waals surface area contributed by atoms with E-state index in [0.717, 1.165) is 18.4 Å². The summed E-state index contributed by atoms with van der Waals surface area (Å²) in [6.45, 7) is 11.5. The molecule has 0 aromatic heterocycles. The van der Waals surface area contributed by atoms with Crippen molar-refractivity contribution in [3.8, 4) is 0 Å². The van der Waals surface area contributed by atoms with Crippen LogP contribution in [0.1, 0.15) is 46.5 Å². The van der Waals surface area contributed by atoms with E-state index in [0.29, 0.717) is 18.6 Å². The summed E-state index contributed by atoms with van der Waals surface area (Å²) in [7, 11) is 0. The molecular weight excluding hydrogens is 288 g/mol. The molecule has 2 aliphatic carbocycles. The first kappa shape index (κ1) is 16.5. The van der Waals surface area contributed by atoms with Gasteiger partial charge in [-0.25, -0.2) is 4.79 Å². The summed E-state index contributed by atoms with van der Waals surface area (Å²) in [5, 5.41) is 10.7. The first-order valence-corrected chi connectivity index (χ1v) is 8.67. The molecule has 2 saturated carbocycles. The zero-order valence-corrected chi connectivity index (χ0v) is 14.5. The Hall–Kier alpha value is -1.35. The Morgan fingerprint density at radius 2 is 2.09 bits per heavy atom. The normalized spacial score (nSPS) is 40.0. The molecule has 3 rings (SSSR count). The number of fused-ring (bicyclic) bond motifs is 1. The third-order valence-corrected chi connectivity index (χ3v) is 6.32. The SMILES string of the molecule is C=C1C[C@@H](O)[C@H]2C(C)(C)CCC[C@]2(C)[C@H]1/C=C/C1=CCOC1=O. The van der Waals surface area contributed by atoms with Crippen molar-refractivity contribution >= 4 is 5.97 Å². The molecule has 0 amide bonds. The molecule has 3 aliphatic rings. The highest BCUT2D eigenvalue weighted by Crippen LogP contribution is 2.61. The Balaban J connectivity index is 1.93. The van der Waals surface area contributed by atoms with Crippen LogP contribution in [0.2, 0.25) is 0 Å². The monoisotopic (exact) mass is 316 g/mol. The second-order valence-corrected chi connectivity index (χ2v) is 8.35. The third kappa shape index (κ3) is 2.69. The molecule has 2 fully saturated rings. The molecule has 0 saturated heterocycles. The molecule has 1 aliphatic heterocycles. The molecule has 126 valence electrons. The zero-order chi connectivity index (χ0) is 16.8. The van der Waals surface area contributed by atoms with Crippen molar-refractivity contribution in [2.75, 3.05) is 6.61 Å². The van der Waals surface area contributed by atoms with Gasteiger partial charge in [-0.2, -0.15) is 0 Å². The van der Waals surface area contributed by atoms with Crippen LogP contribution in [-0.4, -0.2) is 23.8 Å². The maximum absolute atomic E-state index is 11.6. The van der Waals surface area contributed by atoms with Crippen molar-refractivity contribution in [1.29, 1.82) is 0 Å². The number of hydrogen-bond donors (Lipinski definition) is 1. The average Bonchev–Trinajstić information content (AvgIpc) is 2.82. The maximum atomic E-state index is 11.6. The minimum absolute atomic E-state index is 0.00390. The lowest BCUT2D eigenvalue weighted by Gasteiger charge is -2.59. The van der Waals surface area contributed by atoms with Gasteiger partial charge in [0.25, 0.3) is 0 Å². The number of aliphatic hydroxyl groups excluding tert-OH is 1. The van der Waals surface area contributed by atoms with Crippen LogP contribution in [0, 0.1) is 22.7 Å². The van der Waals surface area contributed by atoms with Crippen LogP contribution in [0.4, 0.5) is 0 Å². The first-order chi connectivity index (χ1) is 10.8. The van der Waals surface area contributed by atoms with Gasteiger partial charge >= 0.3 is 5.97 Å². The van der Waals surface area contributed by atoms with Gasteiger partial charge in [-0.3, -0.25) is 0 Å². The van der Waals surface area contributed by atoms with Gasteiger partial charge < -0.3 is 9.84 Å². The van der Waals surface area contributed by atoms with E-state index in [1.807, 2.05) is 12.2 Å². The lowest BCUT2D eigenvalue weighted by atomic mass is 9.47. The fourth-order valence-corrected chi connectivity index (χ4v) is 5.48. The molecule has 0 radical (unpaired) electrons. The second-order valence-electron chi connectivity index (χ2n) is 8.35. The zero-order valence-electron chi connectivity index (χ0n) is 14.5. The van der Waals surface area contributed by atoms with Gasteiger partial charge in [0.2, 0.25) is 0 Å². The highest BCUT2D eigenvalue weighted by Gasteiger charge is 2.55. The van der Waals surface area contributed by atoms with Gasteiger partial charge in [-0.1, -0.05) is 51.5 Å². The summed E-state index contributed by atoms with van der Waals surface area (Å²) in [6, 6.07) is 0. The van der Waals surface area contributed by atoms with E-state index in [4.69, 9.17) is 4.74 Å². The lowest BCUT2D eigenvalue weighted by molar-refractivity contribution is -0.135. The molecule has 0 unspecified atom stereocenters. The van der Waals surface area contributed by atoms with Crippen molar-refractivity contribution in [2.24, 2.45) is 22.7 Å². The number of rotatable bonds is 2. The number of hydrogen-bond acceptors (Lipinski definition) is 3. The van der Waals surface area contributed by atoms with Gasteiger partial charge in [0.05, 0.1) is 11.7 Å². The van der Waals surface area contributed by atoms with E-state index in [2.05, 4.69) is 33.4 Å². The van der Waals surface area contributed by atoms with Crippen molar-refractivity contribution < 1.29 is 14.6 Å². The molecule has 23 heavy (non-hydrogen) atoms. The third-order valence-electron chi connectivity index (χ3n) is 6.32. The number of ether oxygens (including phenoxy) is 1. The van der Waals surface area contributed by atoms with E-state index in [9.17, 15) is 9.90 Å². The van der Waals surface area contributed by atoms with Crippen molar-refractivity contribution in [1.82, 2.24) is 0 Å². The number of carbonyl (C=O) groups is 1. The van der Waals surface area contributed by atoms with Gasteiger partial charge in [0.15, 0.2) is 0 Å². The van der Waals surface area contributed by atoms with E-state index in [1.54, 1.807) is 0 Å². The molecular formula is C20H28O3. The minimum Gasteiger partial charge on any atom is -0.458 e. The van der Waals surface area contributed by atoms with E-state index in [-0.39, 0.29) is 34.7 Å². The molecule has 0 bridgehead atoms. The number of carbonyl (C=O) groups excluding carboxylic acids is 1. The quantitative estimate of drug-likeness (QED) is 0.623. The lowest BCUT2D eigenvalue weighted by Crippen LogP contribution is -2.55. The van der Waals surface area contributed by atoms with Gasteiger partial charge in [0.1, 0.15) is 6.61 Å². The van der Waals surface area contributed by atoms with Crippen LogP contribution in [0.15, 0.2) is 36.0 Å². The van der Waals surface area contributed by atoms with Crippen LogP contribution >= 0.6 is 0 Å². The van der Waals surface area contributed by atoms with Crippen molar-refractivity contribution in [2.45, 2.75) is 52.6 Å². The first-order valence-electron chi connectivity index (χ1n) is 8.67. The summed E-state index contributed by atoms with van der Waals surface area (Å²) in [6.07, 6.45) is 9.61. The number of aliphatic hydroxyl groups is 1. The fraction of sp³-hybridized carbons (Fsp3) is 0.650. The Kier molecular flexibility index (Phi) is 4.04. The Morgan fingerprint density at radius 1 is 1.35 bits per heavy atom. The maximum Gasteiger partial charge on any atom is 0.338 e. The van der Waals surface area contributed by atoms with E-state index < -0.39 is 0 Å². The summed E-state index contributed by atoms with van der Waals surface area (Å²) in [5.41, 5.74) is 1.84. The van der Waals surface area contributed by atoms with Crippen molar-refractivity contribution in [3.63, 3.8) is 0 Å². The van der Waals surface area contributed by atoms with Gasteiger partial charge in [-0.15, -0.1) is 0 Å². The number of cyclic esters (lactones) is 1. The Labute approximate surface area is 139 Å². The summed E-state index contributed by atoms with van der Waals surface area (Å²) in [4.78, 5) is 11.6. The molecule has 0 aromatic carbocycles. The molecule has 0 aromatic rings. The van der Waals surface area contributed by atoms with Gasteiger partial charge in [0, 0.05) is 5.92 Å². The predicted octanol–water partition coefficient (Wildman–Crippen LogP) is 3.80. The van der Waals surface area contributed by atoms with Crippen LogP contribution in [0.3, 0.4) is 0 Å². The highest BCUT2D eigenvalue weighted by molar-refractivity contribution is 5.93. The summed E-state index contributed by atoms with van der Waals surface area (Å²) in [5.74, 6) is 0.214. The molecule has 3 nitrogen and oxygen atoms in total. The molecule has 3 heteroatoms. The number of esters is 1. The fourth-order valence-electron chi connectivity index (χ4n) is 5.48. The van der Waals surface area contributed by atoms with E-state index >= 15 is 0 Å². The smallest absolute Gasteiger partial charge is 0.338 e. The highest BCUT2D eigenvalue weighted by atomic mass is 16.5. The summed E-state index contributed by atoms with van der Waals surface area (Å²) >= 11 is 0. The molecule has 1 N–H and O–H groups in total. The van der Waals surface area contributed by atoms with E-state index in [1.165, 1.54) is 6.42 Å². The van der Waals surface area contributed by atoms with Crippen LogP contribution in [0.5, 0.6) is 0 Å². The molecule has 1 heterocycles. The minimum atomic E-state index is -0.317. The van der Waals surface area contributed by atoms with Crippen molar-refractivity contribution in [3.05, 3.63) is 36.0 Å². The Morgan fingerprint density at radius 3 is 2.74 bits per heavy atom. The average molecular weight is 316 g/mol. The predicted molar refractivity (Wildman–Crippen MR) is 90.7 cm³/mol. The largest absolute Gasteiger partial charge is 0.458 e. The standard InChI is InChI=1S/C20H28O3/c1-13-12-16(21)17-19(2,3)9-5-10-20(17,4)15(13)7-6-14-8-11-23-18(14)22/h6-8,15-17,21H,1,5,9-12H2,2-4H3/b7-6+/t15-,16+,17-,20+/m0/s1. The summed E-state index contributed by atoms with van der Waals surface area (Å²) < 4.78 is 4.97. The molecule has 0 spiro atoms. The molecule has 4 atom stereocenters. The number of allylic oxidation sites excluding steroid dienone is 1. The van der Waals surface area contributed by atoms with Crippen LogP contribution < -0.4 is 0 Å². The topological polar surface area (TPSA) is 46.5 Å². The van der Waals surface area contributed by atoms with Gasteiger partial charge in [-0.05, 0) is 42.1 Å². The van der Waals surface area contributed by atoms with Crippen LogP contribution in [-0.2, 0) is 9.53 Å². The second kappa shape index (κ2) is 5.62. The Bertz CT molecular complexity index is 584.